The van der Waals surface area contributed by atoms with Crippen LogP contribution in [0.4, 0.5) is 5.69 Å². The van der Waals surface area contributed by atoms with Gasteiger partial charge in [-0.1, -0.05) is 11.6 Å². The summed E-state index contributed by atoms with van der Waals surface area (Å²) in [5.74, 6) is 0.332. The quantitative estimate of drug-likeness (QED) is 0.770. The molecule has 0 aromatic heterocycles. The number of sulfonamides is 1. The fourth-order valence-electron chi connectivity index (χ4n) is 2.19. The van der Waals surface area contributed by atoms with Gasteiger partial charge in [-0.15, -0.1) is 0 Å². The molecule has 1 N–H and O–H groups in total. The number of nitrogens with zero attached hydrogens (tertiary/aromatic N) is 1. The van der Waals surface area contributed by atoms with Crippen molar-refractivity contribution in [2.45, 2.75) is 32.7 Å². The molecule has 0 spiro atoms. The minimum absolute atomic E-state index is 0.00155. The van der Waals surface area contributed by atoms with Crippen LogP contribution in [0.25, 0.3) is 0 Å². The highest BCUT2D eigenvalue weighted by molar-refractivity contribution is 7.92. The normalized spacial score (nSPS) is 11.8. The van der Waals surface area contributed by atoms with Gasteiger partial charge >= 0.3 is 0 Å². The Morgan fingerprint density at radius 2 is 1.76 bits per heavy atom. The summed E-state index contributed by atoms with van der Waals surface area (Å²) in [4.78, 5) is 12.0. The van der Waals surface area contributed by atoms with Gasteiger partial charge in [-0.2, -0.15) is 0 Å². The molecule has 0 atom stereocenters. The fourth-order valence-corrected chi connectivity index (χ4v) is 3.34. The van der Waals surface area contributed by atoms with E-state index in [-0.39, 0.29) is 30.3 Å². The summed E-state index contributed by atoms with van der Waals surface area (Å²) in [6, 6.07) is 2.95. The van der Waals surface area contributed by atoms with Gasteiger partial charge in [0, 0.05) is 30.6 Å². The van der Waals surface area contributed by atoms with Crippen LogP contribution in [0.1, 0.15) is 27.2 Å². The average molecular weight is 393 g/mol. The Kier molecular flexibility index (Phi) is 6.96. The molecule has 0 aliphatic rings. The number of anilines is 1. The van der Waals surface area contributed by atoms with Gasteiger partial charge in [0.15, 0.2) is 0 Å². The van der Waals surface area contributed by atoms with Crippen molar-refractivity contribution < 1.29 is 22.7 Å². The average Bonchev–Trinajstić information content (AvgIpc) is 2.44. The molecule has 142 valence electrons. The van der Waals surface area contributed by atoms with E-state index in [0.29, 0.717) is 10.8 Å². The van der Waals surface area contributed by atoms with Crippen LogP contribution in [0.2, 0.25) is 5.02 Å². The zero-order chi connectivity index (χ0) is 19.4. The lowest BCUT2D eigenvalue weighted by Gasteiger charge is -2.26. The molecule has 25 heavy (non-hydrogen) atoms. The fraction of sp³-hybridized carbons (Fsp3) is 0.562. The summed E-state index contributed by atoms with van der Waals surface area (Å²) in [5, 5.41) is 3.09. The molecular weight excluding hydrogens is 368 g/mol. The lowest BCUT2D eigenvalue weighted by atomic mass is 10.1. The van der Waals surface area contributed by atoms with Gasteiger partial charge in [-0.25, -0.2) is 8.42 Å². The molecule has 0 fully saturated rings. The van der Waals surface area contributed by atoms with Crippen molar-refractivity contribution in [3.63, 3.8) is 0 Å². The van der Waals surface area contributed by atoms with Crippen molar-refractivity contribution in [1.82, 2.24) is 5.32 Å². The Morgan fingerprint density at radius 1 is 1.20 bits per heavy atom. The van der Waals surface area contributed by atoms with Crippen LogP contribution >= 0.6 is 11.6 Å². The van der Waals surface area contributed by atoms with Crippen molar-refractivity contribution in [3.8, 4) is 11.5 Å². The first kappa shape index (κ1) is 21.4. The minimum Gasteiger partial charge on any atom is -0.495 e. The van der Waals surface area contributed by atoms with Crippen LogP contribution in [0.15, 0.2) is 12.1 Å². The molecule has 0 aliphatic heterocycles. The van der Waals surface area contributed by atoms with E-state index in [0.717, 1.165) is 10.6 Å². The van der Waals surface area contributed by atoms with Crippen LogP contribution in [0, 0.1) is 0 Å². The van der Waals surface area contributed by atoms with Crippen LogP contribution < -0.4 is 19.1 Å². The Balaban J connectivity index is 3.19. The summed E-state index contributed by atoms with van der Waals surface area (Å²) in [6.45, 7) is 5.52. The van der Waals surface area contributed by atoms with Gasteiger partial charge in [0.25, 0.3) is 0 Å². The van der Waals surface area contributed by atoms with E-state index in [1.807, 2.05) is 20.8 Å². The summed E-state index contributed by atoms with van der Waals surface area (Å²) >= 11 is 6.06. The number of hydrogen-bond donors (Lipinski definition) is 1. The second kappa shape index (κ2) is 8.14. The molecule has 1 aromatic rings. The lowest BCUT2D eigenvalue weighted by Crippen LogP contribution is -2.42. The number of ether oxygens (including phenoxy) is 2. The summed E-state index contributed by atoms with van der Waals surface area (Å²) in [5.41, 5.74) is -0.136. The standard InChI is InChI=1S/C16H25ClN2O5S/c1-16(2,3)18-15(20)7-8-19(25(6,21)22)12-10-13(23-4)11(17)9-14(12)24-5/h9-10H,7-8H2,1-6H3,(H,18,20). The number of nitrogens with one attached hydrogen (secondary N) is 1. The molecule has 0 heterocycles. The van der Waals surface area contributed by atoms with E-state index in [9.17, 15) is 13.2 Å². The molecule has 1 aromatic carbocycles. The molecule has 1 amide bonds. The maximum atomic E-state index is 12.2. The highest BCUT2D eigenvalue weighted by atomic mass is 35.5. The van der Waals surface area contributed by atoms with E-state index in [1.165, 1.54) is 26.4 Å². The topological polar surface area (TPSA) is 84.9 Å². The first-order valence-electron chi connectivity index (χ1n) is 7.59. The highest BCUT2D eigenvalue weighted by Crippen LogP contribution is 2.39. The Morgan fingerprint density at radius 3 is 2.20 bits per heavy atom. The molecule has 7 nitrogen and oxygen atoms in total. The number of rotatable bonds is 7. The smallest absolute Gasteiger partial charge is 0.232 e. The SMILES string of the molecule is COc1cc(N(CCC(=O)NC(C)(C)C)S(C)(=O)=O)c(OC)cc1Cl. The third-order valence-electron chi connectivity index (χ3n) is 3.18. The molecular formula is C16H25ClN2O5S. The van der Waals surface area contributed by atoms with Gasteiger partial charge in [-0.05, 0) is 20.8 Å². The first-order valence-corrected chi connectivity index (χ1v) is 9.82. The molecule has 9 heteroatoms. The van der Waals surface area contributed by atoms with Crippen molar-refractivity contribution in [2.24, 2.45) is 0 Å². The molecule has 0 unspecified atom stereocenters. The number of halogens is 1. The number of methoxy groups -OCH3 is 2. The molecule has 0 saturated heterocycles. The van der Waals surface area contributed by atoms with E-state index < -0.39 is 15.6 Å². The predicted molar refractivity (Wildman–Crippen MR) is 99.3 cm³/mol. The van der Waals surface area contributed by atoms with Crippen LogP contribution in [0.5, 0.6) is 11.5 Å². The van der Waals surface area contributed by atoms with Crippen LogP contribution in [0.3, 0.4) is 0 Å². The zero-order valence-electron chi connectivity index (χ0n) is 15.3. The second-order valence-corrected chi connectivity index (χ2v) is 8.86. The predicted octanol–water partition coefficient (Wildman–Crippen LogP) is 2.43. The van der Waals surface area contributed by atoms with Gasteiger partial charge in [0.1, 0.15) is 11.5 Å². The Labute approximate surface area is 154 Å². The number of hydrogen-bond acceptors (Lipinski definition) is 5. The molecule has 0 saturated carbocycles. The van der Waals surface area contributed by atoms with Gasteiger partial charge in [-0.3, -0.25) is 9.10 Å². The summed E-state index contributed by atoms with van der Waals surface area (Å²) < 4.78 is 36.0. The number of carbonyl (C=O) groups excluding carboxylic acids is 1. The monoisotopic (exact) mass is 392 g/mol. The number of carbonyl (C=O) groups is 1. The van der Waals surface area contributed by atoms with E-state index >= 15 is 0 Å². The Hall–Kier alpha value is -1.67. The summed E-state index contributed by atoms with van der Waals surface area (Å²) in [6.07, 6.45) is 1.06. The van der Waals surface area contributed by atoms with Gasteiger partial charge in [0.2, 0.25) is 15.9 Å². The van der Waals surface area contributed by atoms with E-state index in [2.05, 4.69) is 5.32 Å². The third-order valence-corrected chi connectivity index (χ3v) is 4.65. The number of amides is 1. The first-order chi connectivity index (χ1) is 11.4. The minimum atomic E-state index is -3.65. The van der Waals surface area contributed by atoms with Crippen molar-refractivity contribution >= 4 is 33.2 Å². The van der Waals surface area contributed by atoms with Crippen molar-refractivity contribution in [3.05, 3.63) is 17.2 Å². The van der Waals surface area contributed by atoms with Gasteiger partial charge < -0.3 is 14.8 Å². The van der Waals surface area contributed by atoms with Crippen molar-refractivity contribution in [2.75, 3.05) is 31.3 Å². The van der Waals surface area contributed by atoms with E-state index in [4.69, 9.17) is 21.1 Å². The van der Waals surface area contributed by atoms with Gasteiger partial charge in [0.05, 0.1) is 31.2 Å². The number of benzene rings is 1. The third kappa shape index (κ3) is 6.28. The molecule has 1 rings (SSSR count). The summed E-state index contributed by atoms with van der Waals surface area (Å²) in [7, 11) is -0.812. The maximum absolute atomic E-state index is 12.2. The Bertz CT molecular complexity index is 729. The maximum Gasteiger partial charge on any atom is 0.232 e. The molecule has 0 aliphatic carbocycles. The molecule has 0 bridgehead atoms. The highest BCUT2D eigenvalue weighted by Gasteiger charge is 2.24. The zero-order valence-corrected chi connectivity index (χ0v) is 16.9. The van der Waals surface area contributed by atoms with Crippen LogP contribution in [-0.2, 0) is 14.8 Å². The van der Waals surface area contributed by atoms with Crippen LogP contribution in [-0.4, -0.2) is 46.9 Å². The largest absolute Gasteiger partial charge is 0.495 e. The van der Waals surface area contributed by atoms with E-state index in [1.54, 1.807) is 0 Å². The molecule has 0 radical (unpaired) electrons. The van der Waals surface area contributed by atoms with Crippen molar-refractivity contribution in [1.29, 1.82) is 0 Å². The second-order valence-electron chi connectivity index (χ2n) is 6.54. The lowest BCUT2D eigenvalue weighted by molar-refractivity contribution is -0.122.